The van der Waals surface area contributed by atoms with E-state index in [9.17, 15) is 34.2 Å². The smallest absolute Gasteiger partial charge is 0.306 e. The largest absolute Gasteiger partial charge is 0.458 e. The molecule has 0 radical (unpaired) electrons. The minimum Gasteiger partial charge on any atom is -0.458 e. The normalized spacial score (nSPS) is 28.4. The number of carbonyl (C=O) groups excluding carboxylic acids is 5. The Morgan fingerprint density at radius 3 is 2.58 bits per heavy atom. The molecule has 0 aliphatic heterocycles. The van der Waals surface area contributed by atoms with E-state index in [4.69, 9.17) is 4.74 Å². The van der Waals surface area contributed by atoms with Crippen LogP contribution < -0.4 is 5.32 Å². The van der Waals surface area contributed by atoms with Crippen molar-refractivity contribution in [3.8, 4) is 0 Å². The maximum atomic E-state index is 13.9. The van der Waals surface area contributed by atoms with Crippen LogP contribution in [0.15, 0.2) is 88.3 Å². The first-order chi connectivity index (χ1) is 28.8. The number of ketones is 2. The third kappa shape index (κ3) is 7.34. The Labute approximate surface area is 352 Å². The lowest BCUT2D eigenvalue weighted by molar-refractivity contribution is -0.184. The maximum absolute atomic E-state index is 13.9. The highest BCUT2D eigenvalue weighted by molar-refractivity contribution is 7.99. The summed E-state index contributed by atoms with van der Waals surface area (Å²) in [5.74, 6) is -1.91. The molecular formula is C47H50N4O8S. The van der Waals surface area contributed by atoms with Gasteiger partial charge in [-0.05, 0) is 122 Å². The minimum atomic E-state index is -1.79. The van der Waals surface area contributed by atoms with Gasteiger partial charge >= 0.3 is 5.97 Å². The number of nitrogens with zero attached hydrogens (tertiary/aromatic N) is 3. The minimum absolute atomic E-state index is 0.0127. The summed E-state index contributed by atoms with van der Waals surface area (Å²) in [6.07, 6.45) is 9.42. The van der Waals surface area contributed by atoms with Crippen molar-refractivity contribution in [2.75, 3.05) is 13.7 Å². The van der Waals surface area contributed by atoms with Gasteiger partial charge in [-0.25, -0.2) is 0 Å². The standard InChI is InChI=1S/C47H50N4O8S/c1-45-21-19-30(52)24-28(45)11-14-32-35-20-22-47(58,46(35,2)26-38(53)43(32)45)40(54)27-59-42(56)18-17-41(55)51-37-25-31(60-39-10-5-4-9-34(39)44(57)48-3)13-15-33(37)36(50-51)16-12-29-8-6-7-23-49-29/h4-10,12-13,15-16,23-25,32,35,38,43,53,58H,11,14,17-22,26-27H2,1-3H3,(H,48,57)/b16-12+/t32-,35-,38-,43+,45-,46-,47-/m0/s1. The second kappa shape index (κ2) is 16.3. The number of pyridine rings is 1. The number of esters is 1. The monoisotopic (exact) mass is 830 g/mol. The lowest BCUT2D eigenvalue weighted by Crippen LogP contribution is -2.62. The van der Waals surface area contributed by atoms with Crippen molar-refractivity contribution in [3.05, 3.63) is 95.5 Å². The molecule has 60 heavy (non-hydrogen) atoms. The van der Waals surface area contributed by atoms with Gasteiger partial charge in [-0.1, -0.05) is 49.4 Å². The zero-order valence-electron chi connectivity index (χ0n) is 34.1. The van der Waals surface area contributed by atoms with Crippen LogP contribution in [0.2, 0.25) is 0 Å². The van der Waals surface area contributed by atoms with E-state index >= 15 is 0 Å². The zero-order chi connectivity index (χ0) is 42.4. The Morgan fingerprint density at radius 1 is 1.00 bits per heavy atom. The summed E-state index contributed by atoms with van der Waals surface area (Å²) in [4.78, 5) is 71.5. The SMILES string of the molecule is CNC(=O)c1ccccc1Sc1ccc2c(/C=C/c3ccccn3)nn(C(=O)CCC(=O)OCC(=O)[C@@]3(O)CC[C@H]4[C@@H]5CCC6=CC(=O)CC[C@]6(C)[C@H]5[C@@H](O)C[C@@]43C)c2c1. The fourth-order valence-electron chi connectivity index (χ4n) is 10.9. The molecule has 2 aromatic heterocycles. The summed E-state index contributed by atoms with van der Waals surface area (Å²) >= 11 is 1.37. The highest BCUT2D eigenvalue weighted by atomic mass is 32.2. The maximum Gasteiger partial charge on any atom is 0.306 e. The number of amides is 1. The van der Waals surface area contributed by atoms with Gasteiger partial charge in [0.05, 0.1) is 35.0 Å². The number of ether oxygens (including phenoxy) is 1. The first-order valence-corrected chi connectivity index (χ1v) is 21.5. The Kier molecular flexibility index (Phi) is 11.3. The molecule has 3 saturated carbocycles. The molecule has 7 atom stereocenters. The van der Waals surface area contributed by atoms with Crippen LogP contribution in [0, 0.1) is 28.6 Å². The number of benzene rings is 2. The van der Waals surface area contributed by atoms with E-state index in [1.165, 1.54) is 16.4 Å². The molecule has 4 aliphatic rings. The highest BCUT2D eigenvalue weighted by Crippen LogP contribution is 2.67. The molecule has 13 heteroatoms. The van der Waals surface area contributed by atoms with E-state index in [1.54, 1.807) is 43.6 Å². The summed E-state index contributed by atoms with van der Waals surface area (Å²) in [6.45, 7) is 3.40. The molecule has 312 valence electrons. The third-order valence-electron chi connectivity index (χ3n) is 14.0. The van der Waals surface area contributed by atoms with Crippen LogP contribution in [0.5, 0.6) is 0 Å². The second-order valence-electron chi connectivity index (χ2n) is 17.2. The van der Waals surface area contributed by atoms with Gasteiger partial charge in [-0.3, -0.25) is 29.0 Å². The van der Waals surface area contributed by atoms with E-state index in [2.05, 4.69) is 22.3 Å². The predicted molar refractivity (Wildman–Crippen MR) is 226 cm³/mol. The number of fused-ring (bicyclic) bond motifs is 6. The lowest BCUT2D eigenvalue weighted by Gasteiger charge is -2.60. The van der Waals surface area contributed by atoms with Crippen LogP contribution in [0.3, 0.4) is 0 Å². The van der Waals surface area contributed by atoms with Gasteiger partial charge in [0.15, 0.2) is 12.4 Å². The van der Waals surface area contributed by atoms with E-state index in [0.29, 0.717) is 47.1 Å². The van der Waals surface area contributed by atoms with Crippen LogP contribution >= 0.6 is 11.8 Å². The summed E-state index contributed by atoms with van der Waals surface area (Å²) in [5.41, 5.74) is 0.351. The van der Waals surface area contributed by atoms with Crippen molar-refractivity contribution in [3.63, 3.8) is 0 Å². The summed E-state index contributed by atoms with van der Waals surface area (Å²) in [5, 5.41) is 31.8. The Balaban J connectivity index is 0.954. The summed E-state index contributed by atoms with van der Waals surface area (Å²) in [7, 11) is 1.57. The van der Waals surface area contributed by atoms with Crippen molar-refractivity contribution >= 4 is 64.2 Å². The number of allylic oxidation sites excluding steroid dienone is 1. The predicted octanol–water partition coefficient (Wildman–Crippen LogP) is 6.88. The Morgan fingerprint density at radius 2 is 1.80 bits per heavy atom. The molecule has 0 unspecified atom stereocenters. The van der Waals surface area contributed by atoms with Gasteiger partial charge in [-0.2, -0.15) is 9.78 Å². The fraction of sp³-hybridized carbons (Fsp3) is 0.426. The van der Waals surface area contributed by atoms with Crippen molar-refractivity contribution in [2.24, 2.45) is 28.6 Å². The van der Waals surface area contributed by atoms with Gasteiger partial charge in [-0.15, -0.1) is 0 Å². The van der Waals surface area contributed by atoms with Crippen LogP contribution in [0.4, 0.5) is 0 Å². The molecule has 2 aromatic carbocycles. The zero-order valence-corrected chi connectivity index (χ0v) is 34.9. The molecule has 1 amide bonds. The van der Waals surface area contributed by atoms with Gasteiger partial charge in [0.25, 0.3) is 5.91 Å². The number of rotatable bonds is 11. The second-order valence-corrected chi connectivity index (χ2v) is 18.3. The summed E-state index contributed by atoms with van der Waals surface area (Å²) in [6, 6.07) is 18.3. The van der Waals surface area contributed by atoms with Gasteiger partial charge < -0.3 is 20.3 Å². The molecule has 8 rings (SSSR count). The van der Waals surface area contributed by atoms with Crippen LogP contribution in [-0.4, -0.2) is 79.7 Å². The van der Waals surface area contributed by atoms with Gasteiger partial charge in [0, 0.05) is 46.7 Å². The number of nitrogens with one attached hydrogen (secondary N) is 1. The Hall–Kier alpha value is -5.24. The molecular weight excluding hydrogens is 781 g/mol. The van der Waals surface area contributed by atoms with E-state index in [-0.39, 0.29) is 60.5 Å². The van der Waals surface area contributed by atoms with Crippen molar-refractivity contribution in [1.82, 2.24) is 20.1 Å². The number of aromatic nitrogens is 3. The van der Waals surface area contributed by atoms with Gasteiger partial charge in [0.2, 0.25) is 11.7 Å². The topological polar surface area (TPSA) is 178 Å². The van der Waals surface area contributed by atoms with E-state index in [1.807, 2.05) is 55.5 Å². The van der Waals surface area contributed by atoms with Gasteiger partial charge in [0.1, 0.15) is 5.60 Å². The molecule has 3 N–H and O–H groups in total. The first-order valence-electron chi connectivity index (χ1n) is 20.7. The number of aliphatic hydroxyl groups is 2. The highest BCUT2D eigenvalue weighted by Gasteiger charge is 2.68. The average Bonchev–Trinajstić information content (AvgIpc) is 3.75. The molecule has 0 saturated heterocycles. The molecule has 0 spiro atoms. The van der Waals surface area contributed by atoms with E-state index < -0.39 is 41.4 Å². The number of hydrogen-bond donors (Lipinski definition) is 3. The quantitative estimate of drug-likeness (QED) is 0.134. The molecule has 4 aliphatic carbocycles. The first kappa shape index (κ1) is 41.5. The molecule has 0 bridgehead atoms. The van der Waals surface area contributed by atoms with Crippen molar-refractivity contribution in [2.45, 2.75) is 93.1 Å². The average molecular weight is 831 g/mol. The molecule has 12 nitrogen and oxygen atoms in total. The molecule has 2 heterocycles. The fourth-order valence-corrected chi connectivity index (χ4v) is 11.9. The van der Waals surface area contributed by atoms with Crippen molar-refractivity contribution in [1.29, 1.82) is 0 Å². The van der Waals surface area contributed by atoms with Crippen molar-refractivity contribution < 1.29 is 38.9 Å². The van der Waals surface area contributed by atoms with Crippen LogP contribution in [0.1, 0.15) is 98.2 Å². The number of carbonyl (C=O) groups is 5. The summed E-state index contributed by atoms with van der Waals surface area (Å²) < 4.78 is 6.71. The van der Waals surface area contributed by atoms with E-state index in [0.717, 1.165) is 28.2 Å². The number of aliphatic hydroxyl groups excluding tert-OH is 1. The number of Topliss-reactive ketones (excluding diaryl/α,β-unsaturated/α-hetero) is 1. The Bertz CT molecular complexity index is 2450. The number of hydrogen-bond acceptors (Lipinski definition) is 11. The third-order valence-corrected chi connectivity index (χ3v) is 15.1. The molecule has 3 fully saturated rings. The lowest BCUT2D eigenvalue weighted by atomic mass is 9.45. The van der Waals surface area contributed by atoms with Crippen LogP contribution in [-0.2, 0) is 19.1 Å². The van der Waals surface area contributed by atoms with Crippen LogP contribution in [0.25, 0.3) is 23.1 Å². The molecule has 4 aromatic rings.